The van der Waals surface area contributed by atoms with Gasteiger partial charge in [-0.15, -0.1) is 0 Å². The number of anilines is 2. The molecule has 0 heterocycles. The monoisotopic (exact) mass is 324 g/mol. The predicted octanol–water partition coefficient (Wildman–Crippen LogP) is 3.99. The van der Waals surface area contributed by atoms with Crippen LogP contribution in [0, 0.1) is 20.8 Å². The van der Waals surface area contributed by atoms with E-state index < -0.39 is 0 Å². The first kappa shape index (κ1) is 17.7. The summed E-state index contributed by atoms with van der Waals surface area (Å²) in [7, 11) is 0. The van der Waals surface area contributed by atoms with Gasteiger partial charge in [0.2, 0.25) is 11.8 Å². The summed E-state index contributed by atoms with van der Waals surface area (Å²) in [5, 5.41) is 2.86. The molecular weight excluding hydrogens is 300 g/mol. The highest BCUT2D eigenvalue weighted by atomic mass is 16.2. The number of nitrogens with zero attached hydrogens (tertiary/aromatic N) is 1. The van der Waals surface area contributed by atoms with Gasteiger partial charge in [0, 0.05) is 31.3 Å². The van der Waals surface area contributed by atoms with Gasteiger partial charge < -0.3 is 10.2 Å². The number of hydrogen-bond donors (Lipinski definition) is 1. The third-order valence-electron chi connectivity index (χ3n) is 3.80. The Bertz CT molecular complexity index is 716. The number of aryl methyl sites for hydroxylation is 3. The second-order valence-corrected chi connectivity index (χ2v) is 6.18. The summed E-state index contributed by atoms with van der Waals surface area (Å²) in [6, 6.07) is 13.6. The summed E-state index contributed by atoms with van der Waals surface area (Å²) < 4.78 is 0. The number of hydrogen-bond acceptors (Lipinski definition) is 2. The number of benzene rings is 2. The van der Waals surface area contributed by atoms with E-state index >= 15 is 0 Å². The average Bonchev–Trinajstić information content (AvgIpc) is 2.48. The Morgan fingerprint density at radius 1 is 0.917 bits per heavy atom. The van der Waals surface area contributed by atoms with Gasteiger partial charge in [-0.2, -0.15) is 0 Å². The van der Waals surface area contributed by atoms with Gasteiger partial charge in [0.1, 0.15) is 0 Å². The number of amides is 2. The maximum Gasteiger partial charge on any atom is 0.226 e. The molecule has 0 fully saturated rings. The van der Waals surface area contributed by atoms with Crippen molar-refractivity contribution in [2.45, 2.75) is 34.1 Å². The second kappa shape index (κ2) is 7.77. The fourth-order valence-corrected chi connectivity index (χ4v) is 2.65. The predicted molar refractivity (Wildman–Crippen MR) is 98.4 cm³/mol. The molecule has 4 heteroatoms. The first-order valence-corrected chi connectivity index (χ1v) is 8.08. The molecule has 0 saturated heterocycles. The van der Waals surface area contributed by atoms with Gasteiger partial charge in [0.15, 0.2) is 0 Å². The van der Waals surface area contributed by atoms with E-state index in [1.165, 1.54) is 6.92 Å². The minimum Gasteiger partial charge on any atom is -0.326 e. The van der Waals surface area contributed by atoms with Crippen molar-refractivity contribution < 1.29 is 9.59 Å². The third-order valence-corrected chi connectivity index (χ3v) is 3.80. The van der Waals surface area contributed by atoms with Crippen molar-refractivity contribution in [2.75, 3.05) is 16.8 Å². The minimum absolute atomic E-state index is 0.0665. The highest BCUT2D eigenvalue weighted by molar-refractivity contribution is 5.94. The van der Waals surface area contributed by atoms with Gasteiger partial charge in [0.05, 0.1) is 0 Å². The van der Waals surface area contributed by atoms with Crippen LogP contribution in [0.1, 0.15) is 30.0 Å². The van der Waals surface area contributed by atoms with E-state index in [9.17, 15) is 9.59 Å². The summed E-state index contributed by atoms with van der Waals surface area (Å²) in [5.41, 5.74) is 4.95. The van der Waals surface area contributed by atoms with Crippen LogP contribution in [-0.4, -0.2) is 18.4 Å². The number of rotatable bonds is 5. The van der Waals surface area contributed by atoms with Crippen molar-refractivity contribution in [2.24, 2.45) is 0 Å². The Kier molecular flexibility index (Phi) is 5.74. The molecule has 2 amide bonds. The number of carbonyl (C=O) groups excluding carboxylic acids is 2. The summed E-state index contributed by atoms with van der Waals surface area (Å²) in [6.45, 7) is 7.88. The molecule has 24 heavy (non-hydrogen) atoms. The lowest BCUT2D eigenvalue weighted by molar-refractivity contribution is -0.117. The van der Waals surface area contributed by atoms with Crippen LogP contribution in [0.15, 0.2) is 42.5 Å². The summed E-state index contributed by atoms with van der Waals surface area (Å²) in [5.74, 6) is -0.169. The molecule has 0 bridgehead atoms. The Balaban J connectivity index is 2.02. The Morgan fingerprint density at radius 2 is 1.50 bits per heavy atom. The van der Waals surface area contributed by atoms with E-state index in [2.05, 4.69) is 11.4 Å². The van der Waals surface area contributed by atoms with Crippen LogP contribution in [0.2, 0.25) is 0 Å². The molecule has 0 atom stereocenters. The van der Waals surface area contributed by atoms with E-state index in [1.54, 1.807) is 4.90 Å². The maximum absolute atomic E-state index is 12.1. The SMILES string of the molecule is CC(=O)N(CCC(=O)Nc1ccc(C)cc1)c1cc(C)cc(C)c1. The van der Waals surface area contributed by atoms with Crippen LogP contribution in [0.3, 0.4) is 0 Å². The standard InChI is InChI=1S/C20H24N2O2/c1-14-5-7-18(8-6-14)21-20(24)9-10-22(17(4)23)19-12-15(2)11-16(3)13-19/h5-8,11-13H,9-10H2,1-4H3,(H,21,24). The normalized spacial score (nSPS) is 10.3. The Labute approximate surface area is 143 Å². The van der Waals surface area contributed by atoms with Crippen molar-refractivity contribution in [1.29, 1.82) is 0 Å². The van der Waals surface area contributed by atoms with Gasteiger partial charge in [-0.25, -0.2) is 0 Å². The van der Waals surface area contributed by atoms with Gasteiger partial charge in [-0.05, 0) is 56.2 Å². The molecule has 0 unspecified atom stereocenters. The molecule has 2 rings (SSSR count). The quantitative estimate of drug-likeness (QED) is 0.904. The van der Waals surface area contributed by atoms with Crippen LogP contribution in [-0.2, 0) is 9.59 Å². The Hall–Kier alpha value is -2.62. The molecule has 2 aromatic carbocycles. The zero-order valence-electron chi connectivity index (χ0n) is 14.7. The van der Waals surface area contributed by atoms with E-state index in [0.717, 1.165) is 28.1 Å². The number of nitrogens with one attached hydrogen (secondary N) is 1. The lowest BCUT2D eigenvalue weighted by atomic mass is 10.1. The maximum atomic E-state index is 12.1. The summed E-state index contributed by atoms with van der Waals surface area (Å²) in [6.07, 6.45) is 0.250. The summed E-state index contributed by atoms with van der Waals surface area (Å²) >= 11 is 0. The lowest BCUT2D eigenvalue weighted by Crippen LogP contribution is -2.32. The molecule has 0 radical (unpaired) electrons. The second-order valence-electron chi connectivity index (χ2n) is 6.18. The van der Waals surface area contributed by atoms with Crippen LogP contribution in [0.5, 0.6) is 0 Å². The zero-order valence-corrected chi connectivity index (χ0v) is 14.7. The highest BCUT2D eigenvalue weighted by Gasteiger charge is 2.14. The number of carbonyl (C=O) groups is 2. The first-order valence-electron chi connectivity index (χ1n) is 8.08. The van der Waals surface area contributed by atoms with Gasteiger partial charge in [0.25, 0.3) is 0 Å². The molecule has 0 aliphatic carbocycles. The smallest absolute Gasteiger partial charge is 0.226 e. The van der Waals surface area contributed by atoms with Crippen molar-refractivity contribution in [3.8, 4) is 0 Å². The molecule has 1 N–H and O–H groups in total. The third kappa shape index (κ3) is 4.95. The van der Waals surface area contributed by atoms with Crippen LogP contribution < -0.4 is 10.2 Å². The molecule has 0 aromatic heterocycles. The lowest BCUT2D eigenvalue weighted by Gasteiger charge is -2.22. The fraction of sp³-hybridized carbons (Fsp3) is 0.300. The molecule has 0 spiro atoms. The van der Waals surface area contributed by atoms with Gasteiger partial charge in [-0.3, -0.25) is 9.59 Å². The first-order chi connectivity index (χ1) is 11.3. The molecule has 0 aliphatic heterocycles. The molecule has 0 saturated carbocycles. The molecule has 4 nitrogen and oxygen atoms in total. The molecule has 2 aromatic rings. The van der Waals surface area contributed by atoms with Crippen LogP contribution in [0.4, 0.5) is 11.4 Å². The summed E-state index contributed by atoms with van der Waals surface area (Å²) in [4.78, 5) is 25.8. The van der Waals surface area contributed by atoms with Crippen LogP contribution in [0.25, 0.3) is 0 Å². The van der Waals surface area contributed by atoms with Gasteiger partial charge in [-0.1, -0.05) is 23.8 Å². The van der Waals surface area contributed by atoms with E-state index in [-0.39, 0.29) is 18.2 Å². The van der Waals surface area contributed by atoms with Crippen molar-refractivity contribution >= 4 is 23.2 Å². The van der Waals surface area contributed by atoms with E-state index in [1.807, 2.05) is 57.2 Å². The fourth-order valence-electron chi connectivity index (χ4n) is 2.65. The van der Waals surface area contributed by atoms with Gasteiger partial charge >= 0.3 is 0 Å². The van der Waals surface area contributed by atoms with Crippen LogP contribution >= 0.6 is 0 Å². The average molecular weight is 324 g/mol. The largest absolute Gasteiger partial charge is 0.326 e. The topological polar surface area (TPSA) is 49.4 Å². The molecule has 126 valence electrons. The zero-order chi connectivity index (χ0) is 17.7. The highest BCUT2D eigenvalue weighted by Crippen LogP contribution is 2.19. The van der Waals surface area contributed by atoms with Crippen molar-refractivity contribution in [1.82, 2.24) is 0 Å². The molecular formula is C20H24N2O2. The van der Waals surface area contributed by atoms with E-state index in [0.29, 0.717) is 6.54 Å². The minimum atomic E-state index is -0.102. The van der Waals surface area contributed by atoms with Crippen molar-refractivity contribution in [3.63, 3.8) is 0 Å². The Morgan fingerprint density at radius 3 is 2.04 bits per heavy atom. The van der Waals surface area contributed by atoms with Crippen molar-refractivity contribution in [3.05, 3.63) is 59.2 Å². The molecule has 0 aliphatic rings. The van der Waals surface area contributed by atoms with E-state index in [4.69, 9.17) is 0 Å².